The van der Waals surface area contributed by atoms with Crippen LogP contribution in [0.3, 0.4) is 0 Å². The number of carbonyl (C=O) groups is 1. The summed E-state index contributed by atoms with van der Waals surface area (Å²) < 4.78 is 12.3. The molecule has 2 N–H and O–H groups in total. The van der Waals surface area contributed by atoms with E-state index in [1.165, 1.54) is 4.90 Å². The number of nitrogens with one attached hydrogen (secondary N) is 1. The summed E-state index contributed by atoms with van der Waals surface area (Å²) >= 11 is 0. The van der Waals surface area contributed by atoms with E-state index in [2.05, 4.69) is 5.32 Å². The molecule has 1 unspecified atom stereocenters. The van der Waals surface area contributed by atoms with Crippen LogP contribution < -0.4 is 5.32 Å². The first-order valence-electron chi connectivity index (χ1n) is 7.69. The van der Waals surface area contributed by atoms with Crippen LogP contribution in [-0.4, -0.2) is 40.4 Å². The van der Waals surface area contributed by atoms with E-state index in [9.17, 15) is 9.00 Å². The fraction of sp³-hybridized carbons (Fsp3) is 0.278. The Kier molecular flexibility index (Phi) is 6.96. The van der Waals surface area contributed by atoms with E-state index in [0.29, 0.717) is 17.2 Å². The van der Waals surface area contributed by atoms with Crippen molar-refractivity contribution in [1.82, 2.24) is 4.90 Å². The number of benzene rings is 2. The zero-order chi connectivity index (χ0) is 17.4. The summed E-state index contributed by atoms with van der Waals surface area (Å²) in [7, 11) is 0.604. The number of rotatable bonds is 7. The third-order valence-corrected chi connectivity index (χ3v) is 4.77. The molecule has 5 nitrogen and oxygen atoms in total. The Bertz CT molecular complexity index is 692. The maximum atomic E-state index is 12.3. The molecule has 0 bridgehead atoms. The topological polar surface area (TPSA) is 69.6 Å². The number of amides is 2. The van der Waals surface area contributed by atoms with E-state index in [-0.39, 0.29) is 19.2 Å². The Morgan fingerprint density at radius 3 is 2.46 bits per heavy atom. The average Bonchev–Trinajstić information content (AvgIpc) is 2.56. The molecule has 0 saturated heterocycles. The van der Waals surface area contributed by atoms with Gasteiger partial charge >= 0.3 is 6.03 Å². The Labute approximate surface area is 144 Å². The molecule has 1 atom stereocenters. The van der Waals surface area contributed by atoms with Gasteiger partial charge in [-0.1, -0.05) is 42.5 Å². The normalized spacial score (nSPS) is 11.8. The lowest BCUT2D eigenvalue weighted by molar-refractivity contribution is 0.202. The highest BCUT2D eigenvalue weighted by Crippen LogP contribution is 2.14. The zero-order valence-electron chi connectivity index (χ0n) is 13.6. The highest BCUT2D eigenvalue weighted by molar-refractivity contribution is 7.83. The van der Waals surface area contributed by atoms with Crippen molar-refractivity contribution in [2.75, 3.05) is 25.5 Å². The van der Waals surface area contributed by atoms with E-state index >= 15 is 0 Å². The molecule has 6 heteroatoms. The van der Waals surface area contributed by atoms with Gasteiger partial charge in [0.25, 0.3) is 0 Å². The molecular weight excluding hydrogens is 324 g/mol. The van der Waals surface area contributed by atoms with E-state index in [1.54, 1.807) is 13.1 Å². The number of aliphatic hydroxyl groups is 1. The van der Waals surface area contributed by atoms with Crippen molar-refractivity contribution in [3.05, 3.63) is 65.7 Å². The Hall–Kier alpha value is -2.18. The summed E-state index contributed by atoms with van der Waals surface area (Å²) in [6.07, 6.45) is 0. The largest absolute Gasteiger partial charge is 0.395 e. The second kappa shape index (κ2) is 9.20. The number of nitrogens with zero attached hydrogens (tertiary/aromatic N) is 1. The number of hydrogen-bond donors (Lipinski definition) is 2. The zero-order valence-corrected chi connectivity index (χ0v) is 14.5. The fourth-order valence-electron chi connectivity index (χ4n) is 2.21. The first-order valence-corrected chi connectivity index (χ1v) is 9.18. The predicted octanol–water partition coefficient (Wildman–Crippen LogP) is 2.59. The molecule has 2 rings (SSSR count). The minimum Gasteiger partial charge on any atom is -0.395 e. The third-order valence-electron chi connectivity index (χ3n) is 3.46. The van der Waals surface area contributed by atoms with Gasteiger partial charge in [-0.25, -0.2) is 4.79 Å². The standard InChI is InChI=1S/C18H22N2O3S/c1-20(10-11-21)18(22)19-17-9-5-8-16(12-17)14-24(23)13-15-6-3-2-4-7-15/h2-9,12,21H,10-11,13-14H2,1H3,(H,19,22). The third kappa shape index (κ3) is 5.79. The summed E-state index contributed by atoms with van der Waals surface area (Å²) in [5, 5.41) is 11.6. The SMILES string of the molecule is CN(CCO)C(=O)Nc1cccc(CS(=O)Cc2ccccc2)c1. The van der Waals surface area contributed by atoms with E-state index in [4.69, 9.17) is 5.11 Å². The molecule has 0 spiro atoms. The van der Waals surface area contributed by atoms with Gasteiger partial charge in [-0.05, 0) is 23.3 Å². The number of anilines is 1. The van der Waals surface area contributed by atoms with Crippen molar-refractivity contribution in [3.8, 4) is 0 Å². The fourth-order valence-corrected chi connectivity index (χ4v) is 3.42. The molecule has 0 heterocycles. The van der Waals surface area contributed by atoms with Gasteiger partial charge in [0.2, 0.25) is 0 Å². The summed E-state index contributed by atoms with van der Waals surface area (Å²) in [4.78, 5) is 13.3. The Morgan fingerprint density at radius 2 is 1.75 bits per heavy atom. The Balaban J connectivity index is 1.95. The highest BCUT2D eigenvalue weighted by Gasteiger charge is 2.09. The van der Waals surface area contributed by atoms with Gasteiger partial charge in [0, 0.05) is 41.6 Å². The maximum absolute atomic E-state index is 12.3. The lowest BCUT2D eigenvalue weighted by atomic mass is 10.2. The van der Waals surface area contributed by atoms with Crippen molar-refractivity contribution < 1.29 is 14.1 Å². The van der Waals surface area contributed by atoms with Crippen molar-refractivity contribution in [1.29, 1.82) is 0 Å². The molecule has 2 amide bonds. The number of likely N-dealkylation sites (N-methyl/N-ethyl adjacent to an activating group) is 1. The van der Waals surface area contributed by atoms with Gasteiger partial charge < -0.3 is 15.3 Å². The van der Waals surface area contributed by atoms with Crippen LogP contribution in [0.5, 0.6) is 0 Å². The lowest BCUT2D eigenvalue weighted by Gasteiger charge is -2.16. The molecule has 128 valence electrons. The van der Waals surface area contributed by atoms with Crippen LogP contribution in [0.15, 0.2) is 54.6 Å². The number of urea groups is 1. The van der Waals surface area contributed by atoms with Gasteiger partial charge in [0.05, 0.1) is 6.61 Å². The van der Waals surface area contributed by atoms with Crippen LogP contribution in [0.2, 0.25) is 0 Å². The summed E-state index contributed by atoms with van der Waals surface area (Å²) in [5.41, 5.74) is 2.61. The molecule has 0 aliphatic rings. The van der Waals surface area contributed by atoms with E-state index < -0.39 is 10.8 Å². The van der Waals surface area contributed by atoms with Crippen molar-refractivity contribution in [3.63, 3.8) is 0 Å². The van der Waals surface area contributed by atoms with E-state index in [0.717, 1.165) is 11.1 Å². The summed E-state index contributed by atoms with van der Waals surface area (Å²) in [5.74, 6) is 0.946. The minimum absolute atomic E-state index is 0.0809. The first-order chi connectivity index (χ1) is 11.6. The monoisotopic (exact) mass is 346 g/mol. The smallest absolute Gasteiger partial charge is 0.321 e. The van der Waals surface area contributed by atoms with Gasteiger partial charge in [0.15, 0.2) is 0 Å². The molecule has 2 aromatic rings. The van der Waals surface area contributed by atoms with Crippen molar-refractivity contribution >= 4 is 22.5 Å². The van der Waals surface area contributed by atoms with Gasteiger partial charge in [-0.15, -0.1) is 0 Å². The van der Waals surface area contributed by atoms with E-state index in [1.807, 2.05) is 48.5 Å². The molecule has 0 aromatic heterocycles. The first kappa shape index (κ1) is 18.2. The quantitative estimate of drug-likeness (QED) is 0.810. The second-order valence-electron chi connectivity index (χ2n) is 5.49. The van der Waals surface area contributed by atoms with Gasteiger partial charge in [0.1, 0.15) is 0 Å². The van der Waals surface area contributed by atoms with Crippen molar-refractivity contribution in [2.45, 2.75) is 11.5 Å². The molecular formula is C18H22N2O3S. The Morgan fingerprint density at radius 1 is 1.08 bits per heavy atom. The maximum Gasteiger partial charge on any atom is 0.321 e. The molecule has 0 aliphatic heterocycles. The van der Waals surface area contributed by atoms with Crippen LogP contribution in [0.4, 0.5) is 10.5 Å². The van der Waals surface area contributed by atoms with Crippen LogP contribution in [-0.2, 0) is 22.3 Å². The molecule has 0 radical (unpaired) electrons. The summed E-state index contributed by atoms with van der Waals surface area (Å²) in [6, 6.07) is 16.8. The number of carbonyl (C=O) groups excluding carboxylic acids is 1. The molecule has 24 heavy (non-hydrogen) atoms. The second-order valence-corrected chi connectivity index (χ2v) is 6.95. The van der Waals surface area contributed by atoms with Crippen molar-refractivity contribution in [2.24, 2.45) is 0 Å². The molecule has 0 saturated carbocycles. The number of hydrogen-bond acceptors (Lipinski definition) is 3. The summed E-state index contributed by atoms with van der Waals surface area (Å²) in [6.45, 7) is 0.190. The number of aliphatic hydroxyl groups excluding tert-OH is 1. The van der Waals surface area contributed by atoms with Crippen LogP contribution in [0.1, 0.15) is 11.1 Å². The molecule has 2 aromatic carbocycles. The molecule has 0 fully saturated rings. The predicted molar refractivity (Wildman–Crippen MR) is 97.2 cm³/mol. The highest BCUT2D eigenvalue weighted by atomic mass is 32.2. The van der Waals surface area contributed by atoms with Gasteiger partial charge in [-0.3, -0.25) is 4.21 Å². The lowest BCUT2D eigenvalue weighted by Crippen LogP contribution is -2.33. The van der Waals surface area contributed by atoms with Crippen LogP contribution in [0, 0.1) is 0 Å². The van der Waals surface area contributed by atoms with Gasteiger partial charge in [-0.2, -0.15) is 0 Å². The average molecular weight is 346 g/mol. The van der Waals surface area contributed by atoms with Crippen LogP contribution >= 0.6 is 0 Å². The van der Waals surface area contributed by atoms with Crippen LogP contribution in [0.25, 0.3) is 0 Å². The minimum atomic E-state index is -1.01. The molecule has 0 aliphatic carbocycles.